The number of alkyl carbamates (subject to hydrolysis) is 1. The number of carbonyl (C=O) groups excluding carboxylic acids is 1. The molecule has 0 fully saturated rings. The van der Waals surface area contributed by atoms with Gasteiger partial charge in [-0.3, -0.25) is 4.99 Å². The van der Waals surface area contributed by atoms with Crippen molar-refractivity contribution in [1.29, 1.82) is 0 Å². The molecule has 1 amide bonds. The third kappa shape index (κ3) is 15.7. The van der Waals surface area contributed by atoms with Gasteiger partial charge in [0.2, 0.25) is 0 Å². The maximum absolute atomic E-state index is 12.1. The summed E-state index contributed by atoms with van der Waals surface area (Å²) in [5.74, 6) is 0.602. The highest BCUT2D eigenvalue weighted by atomic mass is 127. The molecule has 3 N–H and O–H groups in total. The number of aliphatic imine (C=N–C) groups is 1. The van der Waals surface area contributed by atoms with Crippen LogP contribution in [-0.4, -0.2) is 50.6 Å². The highest BCUT2D eigenvalue weighted by Gasteiger charge is 2.27. The fraction of sp³-hybridized carbons (Fsp3) is 0.600. The number of nitrogens with zero attached hydrogens (tertiary/aromatic N) is 1. The number of amides is 1. The van der Waals surface area contributed by atoms with Crippen molar-refractivity contribution in [3.63, 3.8) is 0 Å². The summed E-state index contributed by atoms with van der Waals surface area (Å²) in [6.07, 6.45) is -4.08. The molecular formula is C20H32F3IN4O3. The fourth-order valence-electron chi connectivity index (χ4n) is 2.24. The SMILES string of the molecule is CN=C(NCCCNC(=O)OC(C)(C)C)NCc1ccc(COCC(F)(F)F)cc1.I. The van der Waals surface area contributed by atoms with E-state index in [1.165, 1.54) is 0 Å². The Labute approximate surface area is 198 Å². The minimum absolute atomic E-state index is 0. The van der Waals surface area contributed by atoms with Gasteiger partial charge in [-0.05, 0) is 38.3 Å². The van der Waals surface area contributed by atoms with Crippen LogP contribution < -0.4 is 16.0 Å². The molecule has 31 heavy (non-hydrogen) atoms. The molecule has 0 aliphatic heterocycles. The number of hydrogen-bond acceptors (Lipinski definition) is 4. The third-order valence-electron chi connectivity index (χ3n) is 3.56. The van der Waals surface area contributed by atoms with Crippen LogP contribution >= 0.6 is 24.0 Å². The van der Waals surface area contributed by atoms with Gasteiger partial charge in [-0.1, -0.05) is 24.3 Å². The van der Waals surface area contributed by atoms with E-state index in [0.29, 0.717) is 37.6 Å². The normalized spacial score (nSPS) is 12.0. The maximum Gasteiger partial charge on any atom is 0.411 e. The number of benzene rings is 1. The second kappa shape index (κ2) is 14.3. The van der Waals surface area contributed by atoms with Crippen LogP contribution in [0.3, 0.4) is 0 Å². The van der Waals surface area contributed by atoms with E-state index >= 15 is 0 Å². The van der Waals surface area contributed by atoms with Crippen LogP contribution in [-0.2, 0) is 22.6 Å². The molecule has 7 nitrogen and oxygen atoms in total. The predicted molar refractivity (Wildman–Crippen MR) is 125 cm³/mol. The van der Waals surface area contributed by atoms with Gasteiger partial charge in [-0.25, -0.2) is 4.79 Å². The molecule has 1 aromatic carbocycles. The van der Waals surface area contributed by atoms with Crippen LogP contribution in [0, 0.1) is 0 Å². The lowest BCUT2D eigenvalue weighted by molar-refractivity contribution is -0.176. The Hall–Kier alpha value is -1.76. The Kier molecular flexibility index (Phi) is 13.5. The van der Waals surface area contributed by atoms with Crippen LogP contribution in [0.15, 0.2) is 29.3 Å². The van der Waals surface area contributed by atoms with E-state index < -0.39 is 24.5 Å². The Balaban J connectivity index is 0.00000900. The van der Waals surface area contributed by atoms with Crippen molar-refractivity contribution in [1.82, 2.24) is 16.0 Å². The Morgan fingerprint density at radius 1 is 1.00 bits per heavy atom. The van der Waals surface area contributed by atoms with Crippen molar-refractivity contribution in [2.75, 3.05) is 26.7 Å². The first-order valence-corrected chi connectivity index (χ1v) is 9.62. The van der Waals surface area contributed by atoms with Crippen LogP contribution in [0.1, 0.15) is 38.3 Å². The standard InChI is InChI=1S/C20H31F3N4O3.HI/c1-19(2,3)30-18(28)26-11-5-10-25-17(24-4)27-12-15-6-8-16(9-7-15)13-29-14-20(21,22)23;/h6-9H,5,10-14H2,1-4H3,(H,26,28)(H2,24,25,27);1H. The Bertz CT molecular complexity index is 678. The molecule has 0 heterocycles. The number of guanidine groups is 1. The molecular weight excluding hydrogens is 528 g/mol. The molecule has 0 atom stereocenters. The summed E-state index contributed by atoms with van der Waals surface area (Å²) in [5.41, 5.74) is 1.09. The van der Waals surface area contributed by atoms with Gasteiger partial charge in [0.15, 0.2) is 5.96 Å². The zero-order chi connectivity index (χ0) is 22.6. The van der Waals surface area contributed by atoms with E-state index in [-0.39, 0.29) is 30.6 Å². The molecule has 0 radical (unpaired) electrons. The average Bonchev–Trinajstić information content (AvgIpc) is 2.62. The van der Waals surface area contributed by atoms with Gasteiger partial charge in [0.1, 0.15) is 12.2 Å². The number of hydrogen-bond donors (Lipinski definition) is 3. The second-order valence-electron chi connectivity index (χ2n) is 7.56. The summed E-state index contributed by atoms with van der Waals surface area (Å²) in [4.78, 5) is 15.7. The molecule has 1 rings (SSSR count). The minimum atomic E-state index is -4.32. The zero-order valence-corrected chi connectivity index (χ0v) is 20.6. The van der Waals surface area contributed by atoms with Crippen molar-refractivity contribution in [3.8, 4) is 0 Å². The number of ether oxygens (including phenoxy) is 2. The molecule has 0 unspecified atom stereocenters. The van der Waals surface area contributed by atoms with E-state index in [9.17, 15) is 18.0 Å². The molecule has 0 aliphatic rings. The lowest BCUT2D eigenvalue weighted by Gasteiger charge is -2.19. The summed E-state index contributed by atoms with van der Waals surface area (Å²) in [6.45, 7) is 5.64. The van der Waals surface area contributed by atoms with Crippen molar-refractivity contribution in [3.05, 3.63) is 35.4 Å². The quantitative estimate of drug-likeness (QED) is 0.184. The topological polar surface area (TPSA) is 84.0 Å². The van der Waals surface area contributed by atoms with Crippen molar-refractivity contribution >= 4 is 36.0 Å². The maximum atomic E-state index is 12.1. The molecule has 0 spiro atoms. The van der Waals surface area contributed by atoms with Crippen LogP contribution in [0.5, 0.6) is 0 Å². The Morgan fingerprint density at radius 3 is 2.13 bits per heavy atom. The largest absolute Gasteiger partial charge is 0.444 e. The molecule has 11 heteroatoms. The van der Waals surface area contributed by atoms with Crippen molar-refractivity contribution < 1.29 is 27.4 Å². The first-order chi connectivity index (χ1) is 14.0. The molecule has 1 aromatic rings. The molecule has 0 saturated heterocycles. The fourth-order valence-corrected chi connectivity index (χ4v) is 2.24. The summed E-state index contributed by atoms with van der Waals surface area (Å²) < 4.78 is 46.0. The summed E-state index contributed by atoms with van der Waals surface area (Å²) in [6, 6.07) is 7.09. The van der Waals surface area contributed by atoms with E-state index in [4.69, 9.17) is 4.74 Å². The first kappa shape index (κ1) is 29.2. The third-order valence-corrected chi connectivity index (χ3v) is 3.56. The Morgan fingerprint density at radius 2 is 1.58 bits per heavy atom. The van der Waals surface area contributed by atoms with Crippen molar-refractivity contribution in [2.24, 2.45) is 4.99 Å². The molecule has 178 valence electrons. The second-order valence-corrected chi connectivity index (χ2v) is 7.56. The number of halogens is 4. The minimum Gasteiger partial charge on any atom is -0.444 e. The number of rotatable bonds is 9. The summed E-state index contributed by atoms with van der Waals surface area (Å²) >= 11 is 0. The molecule has 0 aliphatic carbocycles. The smallest absolute Gasteiger partial charge is 0.411 e. The summed E-state index contributed by atoms with van der Waals surface area (Å²) in [7, 11) is 1.65. The van der Waals surface area contributed by atoms with Crippen molar-refractivity contribution in [2.45, 2.75) is 52.1 Å². The van der Waals surface area contributed by atoms with Crippen LogP contribution in [0.25, 0.3) is 0 Å². The number of carbonyl (C=O) groups is 1. The van der Waals surface area contributed by atoms with Gasteiger partial charge in [-0.2, -0.15) is 13.2 Å². The summed E-state index contributed by atoms with van der Waals surface area (Å²) in [5, 5.41) is 8.96. The number of alkyl halides is 3. The predicted octanol–water partition coefficient (Wildman–Crippen LogP) is 3.96. The monoisotopic (exact) mass is 560 g/mol. The highest BCUT2D eigenvalue weighted by Crippen LogP contribution is 2.15. The van der Waals surface area contributed by atoms with E-state index in [0.717, 1.165) is 5.56 Å². The lowest BCUT2D eigenvalue weighted by Crippen LogP contribution is -2.39. The van der Waals surface area contributed by atoms with E-state index in [1.54, 1.807) is 40.0 Å². The van der Waals surface area contributed by atoms with Gasteiger partial charge in [-0.15, -0.1) is 24.0 Å². The number of nitrogens with one attached hydrogen (secondary N) is 3. The highest BCUT2D eigenvalue weighted by molar-refractivity contribution is 14.0. The van der Waals surface area contributed by atoms with Gasteiger partial charge < -0.3 is 25.4 Å². The van der Waals surface area contributed by atoms with Crippen LogP contribution in [0.4, 0.5) is 18.0 Å². The van der Waals surface area contributed by atoms with Gasteiger partial charge >= 0.3 is 12.3 Å². The lowest BCUT2D eigenvalue weighted by atomic mass is 10.1. The molecule has 0 bridgehead atoms. The molecule has 0 saturated carbocycles. The van der Waals surface area contributed by atoms with E-state index in [1.807, 2.05) is 12.1 Å². The average molecular weight is 560 g/mol. The zero-order valence-electron chi connectivity index (χ0n) is 18.3. The van der Waals surface area contributed by atoms with E-state index in [2.05, 4.69) is 25.7 Å². The van der Waals surface area contributed by atoms with Gasteiger partial charge in [0, 0.05) is 26.7 Å². The van der Waals surface area contributed by atoms with Gasteiger partial charge in [0.05, 0.1) is 6.61 Å². The molecule has 0 aromatic heterocycles. The van der Waals surface area contributed by atoms with Crippen LogP contribution in [0.2, 0.25) is 0 Å². The first-order valence-electron chi connectivity index (χ1n) is 9.62. The van der Waals surface area contributed by atoms with Gasteiger partial charge in [0.25, 0.3) is 0 Å².